The third kappa shape index (κ3) is 2.61. The zero-order valence-corrected chi connectivity index (χ0v) is 10.4. The average Bonchev–Trinajstić information content (AvgIpc) is 2.66. The molecule has 1 aromatic heterocycles. The second-order valence-corrected chi connectivity index (χ2v) is 4.60. The molecule has 15 heavy (non-hydrogen) atoms. The topological polar surface area (TPSA) is 28.4 Å². The van der Waals surface area contributed by atoms with Crippen LogP contribution in [-0.2, 0) is 0 Å². The van der Waals surface area contributed by atoms with Crippen molar-refractivity contribution in [3.63, 3.8) is 0 Å². The minimum atomic E-state index is 0.0554. The molecule has 0 spiro atoms. The number of likely N-dealkylation sites (N-methyl/N-ethyl adjacent to an activating group) is 2. The predicted molar refractivity (Wildman–Crippen MR) is 62.9 cm³/mol. The summed E-state index contributed by atoms with van der Waals surface area (Å²) in [6.45, 7) is 7.53. The first-order valence-corrected chi connectivity index (χ1v) is 5.43. The lowest BCUT2D eigenvalue weighted by atomic mass is 9.89. The van der Waals surface area contributed by atoms with Crippen molar-refractivity contribution in [3.05, 3.63) is 24.2 Å². The quantitative estimate of drug-likeness (QED) is 0.808. The van der Waals surface area contributed by atoms with Gasteiger partial charge in [-0.3, -0.25) is 0 Å². The molecule has 3 heteroatoms. The van der Waals surface area contributed by atoms with Crippen molar-refractivity contribution >= 4 is 0 Å². The van der Waals surface area contributed by atoms with Crippen LogP contribution in [0.5, 0.6) is 0 Å². The van der Waals surface area contributed by atoms with Gasteiger partial charge in [0.1, 0.15) is 0 Å². The number of nitrogens with zero attached hydrogens (tertiary/aromatic N) is 1. The standard InChI is InChI=1S/C12H22N2O/c1-6-13-11(10-7-8-15-9-10)12(2,3)14(4)5/h7-9,11,13H,6H2,1-5H3. The predicted octanol–water partition coefficient (Wildman–Crippen LogP) is 2.27. The van der Waals surface area contributed by atoms with Crippen molar-refractivity contribution in [1.82, 2.24) is 10.2 Å². The molecule has 1 unspecified atom stereocenters. The zero-order valence-electron chi connectivity index (χ0n) is 10.4. The summed E-state index contributed by atoms with van der Waals surface area (Å²) in [6.07, 6.45) is 3.55. The van der Waals surface area contributed by atoms with E-state index in [0.717, 1.165) is 6.54 Å². The molecule has 0 saturated carbocycles. The first-order valence-electron chi connectivity index (χ1n) is 5.43. The van der Waals surface area contributed by atoms with Gasteiger partial charge in [0.15, 0.2) is 0 Å². The molecule has 1 aromatic rings. The van der Waals surface area contributed by atoms with Gasteiger partial charge in [-0.15, -0.1) is 0 Å². The van der Waals surface area contributed by atoms with Gasteiger partial charge in [-0.05, 0) is 40.6 Å². The van der Waals surface area contributed by atoms with Gasteiger partial charge >= 0.3 is 0 Å². The summed E-state index contributed by atoms with van der Waals surface area (Å²) in [5.41, 5.74) is 1.26. The average molecular weight is 210 g/mol. The minimum absolute atomic E-state index is 0.0554. The van der Waals surface area contributed by atoms with Crippen LogP contribution in [0.25, 0.3) is 0 Å². The first kappa shape index (κ1) is 12.3. The Balaban J connectivity index is 2.92. The highest BCUT2D eigenvalue weighted by atomic mass is 16.3. The van der Waals surface area contributed by atoms with E-state index in [-0.39, 0.29) is 11.6 Å². The maximum atomic E-state index is 5.16. The van der Waals surface area contributed by atoms with Crippen molar-refractivity contribution < 1.29 is 4.42 Å². The van der Waals surface area contributed by atoms with Gasteiger partial charge in [0.2, 0.25) is 0 Å². The second-order valence-electron chi connectivity index (χ2n) is 4.60. The molecule has 1 atom stereocenters. The van der Waals surface area contributed by atoms with E-state index >= 15 is 0 Å². The Morgan fingerprint density at radius 3 is 2.53 bits per heavy atom. The molecule has 0 amide bonds. The Labute approximate surface area is 92.5 Å². The van der Waals surface area contributed by atoms with Gasteiger partial charge in [-0.1, -0.05) is 6.92 Å². The van der Waals surface area contributed by atoms with Crippen LogP contribution >= 0.6 is 0 Å². The van der Waals surface area contributed by atoms with Crippen LogP contribution in [0, 0.1) is 0 Å². The van der Waals surface area contributed by atoms with Gasteiger partial charge in [0.25, 0.3) is 0 Å². The Bertz CT molecular complexity index is 278. The monoisotopic (exact) mass is 210 g/mol. The summed E-state index contributed by atoms with van der Waals surface area (Å²) in [5.74, 6) is 0. The molecule has 1 N–H and O–H groups in total. The zero-order chi connectivity index (χ0) is 11.5. The van der Waals surface area contributed by atoms with E-state index < -0.39 is 0 Å². The molecular weight excluding hydrogens is 188 g/mol. The Hall–Kier alpha value is -0.800. The van der Waals surface area contributed by atoms with Crippen LogP contribution in [0.15, 0.2) is 23.0 Å². The number of hydrogen-bond donors (Lipinski definition) is 1. The molecular formula is C12H22N2O. The highest BCUT2D eigenvalue weighted by molar-refractivity contribution is 5.17. The van der Waals surface area contributed by atoms with Crippen LogP contribution in [0.2, 0.25) is 0 Å². The molecule has 0 fully saturated rings. The van der Waals surface area contributed by atoms with Gasteiger partial charge in [0.05, 0.1) is 18.6 Å². The van der Waals surface area contributed by atoms with Crippen LogP contribution in [0.1, 0.15) is 32.4 Å². The minimum Gasteiger partial charge on any atom is -0.472 e. The van der Waals surface area contributed by atoms with Crippen LogP contribution in [0.3, 0.4) is 0 Å². The fourth-order valence-corrected chi connectivity index (χ4v) is 1.68. The largest absolute Gasteiger partial charge is 0.472 e. The summed E-state index contributed by atoms with van der Waals surface area (Å²) < 4.78 is 5.16. The van der Waals surface area contributed by atoms with E-state index in [1.807, 2.05) is 12.3 Å². The molecule has 86 valence electrons. The third-order valence-electron chi connectivity index (χ3n) is 3.14. The fraction of sp³-hybridized carbons (Fsp3) is 0.667. The summed E-state index contributed by atoms with van der Waals surface area (Å²) in [6, 6.07) is 2.31. The molecule has 1 heterocycles. The second kappa shape index (κ2) is 4.81. The lowest BCUT2D eigenvalue weighted by Crippen LogP contribution is -2.49. The van der Waals surface area contributed by atoms with Crippen LogP contribution in [0.4, 0.5) is 0 Å². The number of nitrogens with one attached hydrogen (secondary N) is 1. The Morgan fingerprint density at radius 1 is 1.47 bits per heavy atom. The van der Waals surface area contributed by atoms with Crippen molar-refractivity contribution in [2.24, 2.45) is 0 Å². The van der Waals surface area contributed by atoms with E-state index in [9.17, 15) is 0 Å². The van der Waals surface area contributed by atoms with Crippen LogP contribution in [-0.4, -0.2) is 31.1 Å². The van der Waals surface area contributed by atoms with E-state index in [4.69, 9.17) is 4.42 Å². The maximum Gasteiger partial charge on any atom is 0.0951 e. The highest BCUT2D eigenvalue weighted by Crippen LogP contribution is 2.29. The van der Waals surface area contributed by atoms with Crippen LogP contribution < -0.4 is 5.32 Å². The first-order chi connectivity index (χ1) is 7.00. The van der Waals surface area contributed by atoms with Crippen molar-refractivity contribution in [3.8, 4) is 0 Å². The molecule has 0 bridgehead atoms. The summed E-state index contributed by atoms with van der Waals surface area (Å²) in [4.78, 5) is 2.23. The third-order valence-corrected chi connectivity index (χ3v) is 3.14. The van der Waals surface area contributed by atoms with Gasteiger partial charge in [-0.25, -0.2) is 0 Å². The lowest BCUT2D eigenvalue weighted by Gasteiger charge is -2.40. The Morgan fingerprint density at radius 2 is 2.13 bits per heavy atom. The van der Waals surface area contributed by atoms with Gasteiger partial charge in [-0.2, -0.15) is 0 Å². The van der Waals surface area contributed by atoms with E-state index in [0.29, 0.717) is 0 Å². The highest BCUT2D eigenvalue weighted by Gasteiger charge is 2.32. The number of rotatable bonds is 5. The Kier molecular flexibility index (Phi) is 3.94. The summed E-state index contributed by atoms with van der Waals surface area (Å²) in [5, 5.41) is 3.50. The van der Waals surface area contributed by atoms with Crippen molar-refractivity contribution in [2.45, 2.75) is 32.4 Å². The molecule has 0 aliphatic heterocycles. The lowest BCUT2D eigenvalue weighted by molar-refractivity contribution is 0.138. The fourth-order valence-electron chi connectivity index (χ4n) is 1.68. The van der Waals surface area contributed by atoms with Gasteiger partial charge in [0, 0.05) is 11.1 Å². The maximum absolute atomic E-state index is 5.16. The molecule has 3 nitrogen and oxygen atoms in total. The van der Waals surface area contributed by atoms with E-state index in [1.165, 1.54) is 5.56 Å². The molecule has 0 aliphatic carbocycles. The normalized spacial score (nSPS) is 14.5. The van der Waals surface area contributed by atoms with Crippen molar-refractivity contribution in [1.29, 1.82) is 0 Å². The molecule has 1 rings (SSSR count). The number of hydrogen-bond acceptors (Lipinski definition) is 3. The van der Waals surface area contributed by atoms with Crippen molar-refractivity contribution in [2.75, 3.05) is 20.6 Å². The number of furan rings is 1. The molecule has 0 aromatic carbocycles. The van der Waals surface area contributed by atoms with E-state index in [2.05, 4.69) is 45.1 Å². The summed E-state index contributed by atoms with van der Waals surface area (Å²) in [7, 11) is 4.20. The van der Waals surface area contributed by atoms with E-state index in [1.54, 1.807) is 6.26 Å². The molecule has 0 saturated heterocycles. The molecule has 0 aliphatic rings. The molecule has 0 radical (unpaired) electrons. The van der Waals surface area contributed by atoms with Gasteiger partial charge < -0.3 is 14.6 Å². The summed E-state index contributed by atoms with van der Waals surface area (Å²) >= 11 is 0. The SMILES string of the molecule is CCNC(c1ccoc1)C(C)(C)N(C)C. The smallest absolute Gasteiger partial charge is 0.0951 e.